The van der Waals surface area contributed by atoms with Crippen LogP contribution in [0.4, 0.5) is 0 Å². The summed E-state index contributed by atoms with van der Waals surface area (Å²) in [5.74, 6) is 0.497. The molecule has 1 N–H and O–H groups in total. The molecule has 1 saturated heterocycles. The Hall–Kier alpha value is -0.850. The summed E-state index contributed by atoms with van der Waals surface area (Å²) >= 11 is 5.33. The van der Waals surface area contributed by atoms with Crippen LogP contribution in [0.3, 0.4) is 0 Å². The molecule has 2 unspecified atom stereocenters. The highest BCUT2D eigenvalue weighted by Gasteiger charge is 2.45. The highest BCUT2D eigenvalue weighted by Crippen LogP contribution is 2.32. The van der Waals surface area contributed by atoms with Gasteiger partial charge in [0, 0.05) is 36.0 Å². The standard InChI is InChI=1S/C11H14N2O2S2/c1-12-10(16)11(8-15-5-6-17(11)14)9-3-2-4-13-7-9/h2-4,7H,5-6,8H2,1H3,(H,12,16). The molecule has 1 aliphatic heterocycles. The predicted octanol–water partition coefficient (Wildman–Crippen LogP) is 0.603. The molecule has 1 aliphatic rings. The average molecular weight is 270 g/mol. The zero-order valence-electron chi connectivity index (χ0n) is 9.51. The third-order valence-electron chi connectivity index (χ3n) is 2.83. The van der Waals surface area contributed by atoms with Crippen LogP contribution in [0.15, 0.2) is 24.5 Å². The van der Waals surface area contributed by atoms with Crippen LogP contribution in [0.25, 0.3) is 0 Å². The highest BCUT2D eigenvalue weighted by molar-refractivity contribution is 7.90. The lowest BCUT2D eigenvalue weighted by molar-refractivity contribution is 0.128. The number of ether oxygens (including phenoxy) is 1. The molecule has 0 amide bonds. The fourth-order valence-corrected chi connectivity index (χ4v) is 3.89. The van der Waals surface area contributed by atoms with Gasteiger partial charge in [0.25, 0.3) is 0 Å². The Morgan fingerprint density at radius 1 is 1.71 bits per heavy atom. The van der Waals surface area contributed by atoms with Crippen LogP contribution in [0, 0.1) is 0 Å². The number of rotatable bonds is 2. The summed E-state index contributed by atoms with van der Waals surface area (Å²) in [6, 6.07) is 3.71. The Kier molecular flexibility index (Phi) is 3.86. The average Bonchev–Trinajstić information content (AvgIpc) is 2.39. The van der Waals surface area contributed by atoms with Gasteiger partial charge in [0.2, 0.25) is 0 Å². The molecule has 0 aliphatic carbocycles. The number of thiocarbonyl (C=S) groups is 1. The zero-order valence-corrected chi connectivity index (χ0v) is 11.1. The summed E-state index contributed by atoms with van der Waals surface area (Å²) < 4.78 is 17.1. The largest absolute Gasteiger partial charge is 0.381 e. The number of aromatic nitrogens is 1. The van der Waals surface area contributed by atoms with Gasteiger partial charge in [0.1, 0.15) is 9.74 Å². The molecule has 2 atom stereocenters. The van der Waals surface area contributed by atoms with E-state index in [1.165, 1.54) is 0 Å². The van der Waals surface area contributed by atoms with E-state index in [1.54, 1.807) is 19.4 Å². The van der Waals surface area contributed by atoms with E-state index in [1.807, 2.05) is 12.1 Å². The molecule has 0 saturated carbocycles. The van der Waals surface area contributed by atoms with E-state index >= 15 is 0 Å². The second kappa shape index (κ2) is 5.20. The fourth-order valence-electron chi connectivity index (χ4n) is 1.91. The topological polar surface area (TPSA) is 51.2 Å². The van der Waals surface area contributed by atoms with Gasteiger partial charge in [0.05, 0.1) is 13.2 Å². The number of hydrogen-bond acceptors (Lipinski definition) is 4. The molecular formula is C11H14N2O2S2. The Balaban J connectivity index is 2.50. The molecule has 0 bridgehead atoms. The van der Waals surface area contributed by atoms with Gasteiger partial charge in [-0.15, -0.1) is 0 Å². The van der Waals surface area contributed by atoms with Crippen LogP contribution in [-0.2, 0) is 20.3 Å². The first-order chi connectivity index (χ1) is 8.21. The minimum Gasteiger partial charge on any atom is -0.381 e. The number of likely N-dealkylation sites (N-methyl/N-ethyl adjacent to an activating group) is 1. The van der Waals surface area contributed by atoms with Crippen molar-refractivity contribution in [3.63, 3.8) is 0 Å². The van der Waals surface area contributed by atoms with Crippen molar-refractivity contribution in [1.29, 1.82) is 0 Å². The number of pyridine rings is 1. The van der Waals surface area contributed by atoms with E-state index in [4.69, 9.17) is 17.0 Å². The second-order valence-electron chi connectivity index (χ2n) is 3.75. The minimum atomic E-state index is -1.09. The van der Waals surface area contributed by atoms with Crippen LogP contribution in [0.1, 0.15) is 5.56 Å². The molecule has 0 aromatic carbocycles. The molecule has 0 radical (unpaired) electrons. The summed E-state index contributed by atoms with van der Waals surface area (Å²) in [4.78, 5) is 4.62. The molecule has 0 spiro atoms. The fraction of sp³-hybridized carbons (Fsp3) is 0.455. The lowest BCUT2D eigenvalue weighted by Crippen LogP contribution is -2.52. The Morgan fingerprint density at radius 2 is 2.53 bits per heavy atom. The summed E-state index contributed by atoms with van der Waals surface area (Å²) in [7, 11) is 0.656. The number of nitrogens with zero attached hydrogens (tertiary/aromatic N) is 1. The Bertz CT molecular complexity index is 428. The van der Waals surface area contributed by atoms with Crippen LogP contribution in [0.5, 0.6) is 0 Å². The SMILES string of the molecule is CNC(=S)C1(c2cccnc2)COCCS1=O. The molecule has 1 aromatic heterocycles. The van der Waals surface area contributed by atoms with Gasteiger partial charge in [-0.3, -0.25) is 9.19 Å². The third-order valence-corrected chi connectivity index (χ3v) is 5.38. The third kappa shape index (κ3) is 2.12. The van der Waals surface area contributed by atoms with Crippen molar-refractivity contribution < 1.29 is 8.95 Å². The quantitative estimate of drug-likeness (QED) is 0.798. The van der Waals surface area contributed by atoms with Gasteiger partial charge in [-0.25, -0.2) is 0 Å². The molecule has 6 heteroatoms. The lowest BCUT2D eigenvalue weighted by atomic mass is 10.0. The van der Waals surface area contributed by atoms with Crippen molar-refractivity contribution in [2.45, 2.75) is 4.75 Å². The highest BCUT2D eigenvalue weighted by atomic mass is 32.2. The van der Waals surface area contributed by atoms with Crippen molar-refractivity contribution in [2.24, 2.45) is 0 Å². The first kappa shape index (κ1) is 12.6. The van der Waals surface area contributed by atoms with E-state index in [-0.39, 0.29) is 0 Å². The van der Waals surface area contributed by atoms with E-state index in [2.05, 4.69) is 10.3 Å². The van der Waals surface area contributed by atoms with Crippen LogP contribution in [0.2, 0.25) is 0 Å². The maximum Gasteiger partial charge on any atom is 0.145 e. The van der Waals surface area contributed by atoms with Gasteiger partial charge in [-0.05, 0) is 11.6 Å². The molecule has 1 aromatic rings. The van der Waals surface area contributed by atoms with E-state index < -0.39 is 15.5 Å². The van der Waals surface area contributed by atoms with E-state index in [9.17, 15) is 4.21 Å². The van der Waals surface area contributed by atoms with Crippen LogP contribution >= 0.6 is 12.2 Å². The summed E-state index contributed by atoms with van der Waals surface area (Å²) in [6.45, 7) is 0.853. The minimum absolute atomic E-state index is 0.338. The first-order valence-electron chi connectivity index (χ1n) is 5.30. The maximum atomic E-state index is 12.4. The summed E-state index contributed by atoms with van der Waals surface area (Å²) in [5.41, 5.74) is 0.845. The summed E-state index contributed by atoms with van der Waals surface area (Å²) in [6.07, 6.45) is 3.39. The van der Waals surface area contributed by atoms with Gasteiger partial charge in [-0.2, -0.15) is 0 Å². The van der Waals surface area contributed by atoms with Crippen LogP contribution in [-0.4, -0.2) is 40.2 Å². The van der Waals surface area contributed by atoms with Crippen molar-refractivity contribution in [3.05, 3.63) is 30.1 Å². The Morgan fingerprint density at radius 3 is 3.12 bits per heavy atom. The number of nitrogens with one attached hydrogen (secondary N) is 1. The normalized spacial score (nSPS) is 28.6. The number of hydrogen-bond donors (Lipinski definition) is 1. The van der Waals surface area contributed by atoms with Crippen LogP contribution < -0.4 is 5.32 Å². The molecule has 2 rings (SSSR count). The van der Waals surface area contributed by atoms with Crippen molar-refractivity contribution in [3.8, 4) is 0 Å². The van der Waals surface area contributed by atoms with E-state index in [0.717, 1.165) is 5.56 Å². The maximum absolute atomic E-state index is 12.4. The van der Waals surface area contributed by atoms with Gasteiger partial charge >= 0.3 is 0 Å². The second-order valence-corrected chi connectivity index (χ2v) is 5.95. The van der Waals surface area contributed by atoms with Gasteiger partial charge in [-0.1, -0.05) is 18.3 Å². The molecule has 92 valence electrons. The van der Waals surface area contributed by atoms with Crippen molar-refractivity contribution in [1.82, 2.24) is 10.3 Å². The lowest BCUT2D eigenvalue weighted by Gasteiger charge is -2.36. The van der Waals surface area contributed by atoms with Crippen molar-refractivity contribution >= 4 is 28.0 Å². The molecule has 17 heavy (non-hydrogen) atoms. The van der Waals surface area contributed by atoms with E-state index in [0.29, 0.717) is 24.0 Å². The summed E-state index contributed by atoms with van der Waals surface area (Å²) in [5, 5.41) is 2.94. The zero-order chi connectivity index (χ0) is 12.3. The molecular weight excluding hydrogens is 256 g/mol. The van der Waals surface area contributed by atoms with Gasteiger partial charge < -0.3 is 10.1 Å². The predicted molar refractivity (Wildman–Crippen MR) is 71.4 cm³/mol. The monoisotopic (exact) mass is 270 g/mol. The smallest absolute Gasteiger partial charge is 0.145 e. The molecule has 1 fully saturated rings. The first-order valence-corrected chi connectivity index (χ1v) is 7.03. The molecule has 2 heterocycles. The Labute approximate surface area is 108 Å². The van der Waals surface area contributed by atoms with Gasteiger partial charge in [0.15, 0.2) is 0 Å². The van der Waals surface area contributed by atoms with Crippen molar-refractivity contribution in [2.75, 3.05) is 26.0 Å². The molecule has 4 nitrogen and oxygen atoms in total.